The third kappa shape index (κ3) is 4.19. The Morgan fingerprint density at radius 3 is 2.35 bits per heavy atom. The van der Waals surface area contributed by atoms with Crippen molar-refractivity contribution >= 4 is 11.8 Å². The van der Waals surface area contributed by atoms with Crippen LogP contribution in [-0.4, -0.2) is 25.0 Å². The molecule has 2 aromatic rings. The van der Waals surface area contributed by atoms with E-state index >= 15 is 0 Å². The first-order valence-electron chi connectivity index (χ1n) is 7.52. The molecule has 0 spiro atoms. The maximum Gasteiger partial charge on any atom is 0.344 e. The number of ether oxygens (including phenoxy) is 2. The normalized spacial score (nSPS) is 10.2. The van der Waals surface area contributed by atoms with Gasteiger partial charge in [0.15, 0.2) is 12.4 Å². The molecule has 0 amide bonds. The van der Waals surface area contributed by atoms with Crippen LogP contribution < -0.4 is 4.74 Å². The molecule has 0 N–H and O–H groups in total. The van der Waals surface area contributed by atoms with E-state index in [4.69, 9.17) is 9.47 Å². The number of ketones is 1. The maximum absolute atomic E-state index is 12.6. The first-order chi connectivity index (χ1) is 11.0. The maximum atomic E-state index is 12.6. The molecule has 23 heavy (non-hydrogen) atoms. The second-order valence-corrected chi connectivity index (χ2v) is 5.22. The van der Waals surface area contributed by atoms with Gasteiger partial charge >= 0.3 is 5.97 Å². The highest BCUT2D eigenvalue weighted by atomic mass is 16.6. The minimum absolute atomic E-state index is 0.0657. The highest BCUT2D eigenvalue weighted by Crippen LogP contribution is 2.24. The molecule has 0 aliphatic rings. The zero-order valence-electron chi connectivity index (χ0n) is 13.6. The summed E-state index contributed by atoms with van der Waals surface area (Å²) in [6.07, 6.45) is 0. The SMILES string of the molecule is CCOC(=O)COc1cccc(C(=O)c2ccc(C)cc2)c1C. The molecular weight excluding hydrogens is 292 g/mol. The zero-order chi connectivity index (χ0) is 16.8. The minimum atomic E-state index is -0.429. The van der Waals surface area contributed by atoms with E-state index < -0.39 is 5.97 Å². The van der Waals surface area contributed by atoms with Crippen LogP contribution in [0.25, 0.3) is 0 Å². The van der Waals surface area contributed by atoms with Crippen molar-refractivity contribution in [3.8, 4) is 5.75 Å². The largest absolute Gasteiger partial charge is 0.482 e. The Hall–Kier alpha value is -2.62. The molecule has 0 fully saturated rings. The fourth-order valence-electron chi connectivity index (χ4n) is 2.22. The lowest BCUT2D eigenvalue weighted by Gasteiger charge is -2.12. The van der Waals surface area contributed by atoms with Gasteiger partial charge in [0.1, 0.15) is 5.75 Å². The molecule has 0 aromatic heterocycles. The quantitative estimate of drug-likeness (QED) is 0.605. The number of benzene rings is 2. The molecule has 0 aliphatic carbocycles. The van der Waals surface area contributed by atoms with Crippen molar-refractivity contribution in [1.82, 2.24) is 0 Å². The molecule has 0 saturated heterocycles. The van der Waals surface area contributed by atoms with E-state index in [-0.39, 0.29) is 12.4 Å². The van der Waals surface area contributed by atoms with Gasteiger partial charge < -0.3 is 9.47 Å². The second-order valence-electron chi connectivity index (χ2n) is 5.22. The summed E-state index contributed by atoms with van der Waals surface area (Å²) in [6.45, 7) is 5.67. The van der Waals surface area contributed by atoms with Crippen LogP contribution >= 0.6 is 0 Å². The fraction of sp³-hybridized carbons (Fsp3) is 0.263. The lowest BCUT2D eigenvalue weighted by molar-refractivity contribution is -0.145. The standard InChI is InChI=1S/C19H20O4/c1-4-22-18(20)12-23-17-7-5-6-16(14(17)3)19(21)15-10-8-13(2)9-11-15/h5-11H,4,12H2,1-3H3. The molecule has 0 radical (unpaired) electrons. The van der Waals surface area contributed by atoms with Crippen molar-refractivity contribution < 1.29 is 19.1 Å². The van der Waals surface area contributed by atoms with Crippen LogP contribution in [0, 0.1) is 13.8 Å². The van der Waals surface area contributed by atoms with Gasteiger partial charge in [0.25, 0.3) is 0 Å². The van der Waals surface area contributed by atoms with Crippen molar-refractivity contribution in [3.05, 3.63) is 64.7 Å². The summed E-state index contributed by atoms with van der Waals surface area (Å²) in [7, 11) is 0. The second kappa shape index (κ2) is 7.58. The van der Waals surface area contributed by atoms with Gasteiger partial charge in [-0.2, -0.15) is 0 Å². The van der Waals surface area contributed by atoms with Crippen molar-refractivity contribution in [2.24, 2.45) is 0 Å². The van der Waals surface area contributed by atoms with Gasteiger partial charge in [0, 0.05) is 16.7 Å². The lowest BCUT2D eigenvalue weighted by atomic mass is 9.98. The average Bonchev–Trinajstić information content (AvgIpc) is 2.54. The first-order valence-corrected chi connectivity index (χ1v) is 7.52. The van der Waals surface area contributed by atoms with Crippen LogP contribution in [0.5, 0.6) is 5.75 Å². The fourth-order valence-corrected chi connectivity index (χ4v) is 2.22. The van der Waals surface area contributed by atoms with Crippen LogP contribution in [0.3, 0.4) is 0 Å². The first kappa shape index (κ1) is 16.7. The summed E-state index contributed by atoms with van der Waals surface area (Å²) in [5.41, 5.74) is 3.00. The highest BCUT2D eigenvalue weighted by Gasteiger charge is 2.15. The number of esters is 1. The Balaban J connectivity index is 2.20. The molecule has 0 saturated carbocycles. The Morgan fingerprint density at radius 2 is 1.70 bits per heavy atom. The van der Waals surface area contributed by atoms with Gasteiger partial charge in [-0.15, -0.1) is 0 Å². The minimum Gasteiger partial charge on any atom is -0.482 e. The molecule has 120 valence electrons. The molecule has 0 heterocycles. The number of rotatable bonds is 6. The van der Waals surface area contributed by atoms with Crippen molar-refractivity contribution in [2.75, 3.05) is 13.2 Å². The summed E-state index contributed by atoms with van der Waals surface area (Å²) >= 11 is 0. The third-order valence-corrected chi connectivity index (χ3v) is 3.49. The zero-order valence-corrected chi connectivity index (χ0v) is 13.6. The van der Waals surface area contributed by atoms with E-state index in [1.54, 1.807) is 25.1 Å². The van der Waals surface area contributed by atoms with Crippen molar-refractivity contribution in [3.63, 3.8) is 0 Å². The lowest BCUT2D eigenvalue weighted by Crippen LogP contribution is -2.15. The van der Waals surface area contributed by atoms with Gasteiger partial charge in [0.2, 0.25) is 0 Å². The van der Waals surface area contributed by atoms with E-state index in [1.807, 2.05) is 38.1 Å². The molecular formula is C19H20O4. The van der Waals surface area contributed by atoms with Gasteiger partial charge in [0.05, 0.1) is 6.61 Å². The Labute approximate surface area is 136 Å². The van der Waals surface area contributed by atoms with E-state index in [1.165, 1.54) is 0 Å². The highest BCUT2D eigenvalue weighted by molar-refractivity contribution is 6.10. The Bertz CT molecular complexity index is 702. The van der Waals surface area contributed by atoms with Crippen LogP contribution in [0.2, 0.25) is 0 Å². The summed E-state index contributed by atoms with van der Waals surface area (Å²) < 4.78 is 10.3. The van der Waals surface area contributed by atoms with Gasteiger partial charge in [-0.3, -0.25) is 4.79 Å². The summed E-state index contributed by atoms with van der Waals surface area (Å²) in [4.78, 5) is 24.0. The van der Waals surface area contributed by atoms with Crippen LogP contribution in [0.4, 0.5) is 0 Å². The van der Waals surface area contributed by atoms with Gasteiger partial charge in [-0.05, 0) is 26.8 Å². The number of hydrogen-bond donors (Lipinski definition) is 0. The monoisotopic (exact) mass is 312 g/mol. The molecule has 4 heteroatoms. The summed E-state index contributed by atoms with van der Waals surface area (Å²) in [6, 6.07) is 12.7. The Morgan fingerprint density at radius 1 is 1.00 bits per heavy atom. The van der Waals surface area contributed by atoms with E-state index in [2.05, 4.69) is 0 Å². The van der Waals surface area contributed by atoms with E-state index in [9.17, 15) is 9.59 Å². The molecule has 0 bridgehead atoms. The van der Waals surface area contributed by atoms with Crippen LogP contribution in [0.15, 0.2) is 42.5 Å². The molecule has 2 rings (SSSR count). The van der Waals surface area contributed by atoms with Gasteiger partial charge in [-0.25, -0.2) is 4.79 Å². The predicted octanol–water partition coefficient (Wildman–Crippen LogP) is 3.48. The van der Waals surface area contributed by atoms with Crippen molar-refractivity contribution in [2.45, 2.75) is 20.8 Å². The molecule has 4 nitrogen and oxygen atoms in total. The number of hydrogen-bond acceptors (Lipinski definition) is 4. The summed E-state index contributed by atoms with van der Waals surface area (Å²) in [5.74, 6) is 0.0160. The third-order valence-electron chi connectivity index (χ3n) is 3.49. The summed E-state index contributed by atoms with van der Waals surface area (Å²) in [5, 5.41) is 0. The Kier molecular flexibility index (Phi) is 5.52. The average molecular weight is 312 g/mol. The topological polar surface area (TPSA) is 52.6 Å². The predicted molar refractivity (Wildman–Crippen MR) is 87.9 cm³/mol. The number of carbonyl (C=O) groups is 2. The van der Waals surface area contributed by atoms with E-state index in [0.29, 0.717) is 29.0 Å². The number of aryl methyl sites for hydroxylation is 1. The number of carbonyl (C=O) groups excluding carboxylic acids is 2. The molecule has 0 atom stereocenters. The van der Waals surface area contributed by atoms with Crippen LogP contribution in [-0.2, 0) is 9.53 Å². The van der Waals surface area contributed by atoms with Crippen molar-refractivity contribution in [1.29, 1.82) is 0 Å². The molecule has 0 aliphatic heterocycles. The van der Waals surface area contributed by atoms with Crippen LogP contribution in [0.1, 0.15) is 34.0 Å². The smallest absolute Gasteiger partial charge is 0.344 e. The molecule has 2 aromatic carbocycles. The molecule has 0 unspecified atom stereocenters. The van der Waals surface area contributed by atoms with E-state index in [0.717, 1.165) is 5.56 Å². The van der Waals surface area contributed by atoms with Gasteiger partial charge in [-0.1, -0.05) is 42.0 Å².